The van der Waals surface area contributed by atoms with Crippen LogP contribution in [0.3, 0.4) is 0 Å². The first-order valence-electron chi connectivity index (χ1n) is 7.33. The van der Waals surface area contributed by atoms with Crippen molar-refractivity contribution in [1.29, 1.82) is 0 Å². The lowest BCUT2D eigenvalue weighted by Gasteiger charge is -2.08. The predicted molar refractivity (Wildman–Crippen MR) is 89.1 cm³/mol. The number of hydrogen-bond donors (Lipinski definition) is 0. The molecule has 1 aliphatic rings. The third-order valence-electron chi connectivity index (χ3n) is 3.41. The van der Waals surface area contributed by atoms with Crippen molar-refractivity contribution in [2.45, 2.75) is 0 Å². The molecule has 0 bridgehead atoms. The molecule has 2 aromatic rings. The molecule has 23 heavy (non-hydrogen) atoms. The van der Waals surface area contributed by atoms with Gasteiger partial charge < -0.3 is 14.4 Å². The van der Waals surface area contributed by atoms with Crippen molar-refractivity contribution in [3.8, 4) is 11.5 Å². The predicted octanol–water partition coefficient (Wildman–Crippen LogP) is 2.91. The molecule has 1 heterocycles. The summed E-state index contributed by atoms with van der Waals surface area (Å²) in [5.41, 5.74) is 2.42. The first kappa shape index (κ1) is 15.2. The summed E-state index contributed by atoms with van der Waals surface area (Å²) in [4.78, 5) is 18.2. The van der Waals surface area contributed by atoms with Gasteiger partial charge in [-0.05, 0) is 62.1 Å². The Balaban J connectivity index is 1.69. The summed E-state index contributed by atoms with van der Waals surface area (Å²) in [5, 5.41) is 0. The van der Waals surface area contributed by atoms with Crippen LogP contribution >= 0.6 is 0 Å². The third kappa shape index (κ3) is 3.76. The van der Waals surface area contributed by atoms with Crippen LogP contribution in [0.2, 0.25) is 0 Å². The molecule has 0 amide bonds. The molecule has 0 fully saturated rings. The first-order chi connectivity index (χ1) is 11.1. The average Bonchev–Trinajstić information content (AvgIpc) is 3.00. The maximum absolute atomic E-state index is 11.9. The van der Waals surface area contributed by atoms with Crippen LogP contribution < -0.4 is 9.47 Å². The van der Waals surface area contributed by atoms with Gasteiger partial charge in [-0.2, -0.15) is 0 Å². The van der Waals surface area contributed by atoms with Crippen molar-refractivity contribution < 1.29 is 14.3 Å². The van der Waals surface area contributed by atoms with Gasteiger partial charge in [-0.15, -0.1) is 0 Å². The van der Waals surface area contributed by atoms with E-state index in [0.29, 0.717) is 12.1 Å². The Morgan fingerprint density at radius 1 is 1.13 bits per heavy atom. The number of likely N-dealkylation sites (N-methyl/N-ethyl adjacent to an activating group) is 1. The number of carbonyl (C=O) groups is 1. The molecular weight excluding hydrogens is 292 g/mol. The van der Waals surface area contributed by atoms with Gasteiger partial charge in [-0.3, -0.25) is 9.79 Å². The van der Waals surface area contributed by atoms with Crippen LogP contribution in [0.1, 0.15) is 15.9 Å². The topological polar surface area (TPSA) is 51.1 Å². The van der Waals surface area contributed by atoms with Crippen LogP contribution in [-0.4, -0.2) is 44.3 Å². The van der Waals surface area contributed by atoms with Gasteiger partial charge in [-0.25, -0.2) is 0 Å². The van der Waals surface area contributed by atoms with Gasteiger partial charge in [0.2, 0.25) is 6.79 Å². The molecule has 0 saturated heterocycles. The third-order valence-corrected chi connectivity index (χ3v) is 3.41. The van der Waals surface area contributed by atoms with E-state index in [4.69, 9.17) is 9.47 Å². The van der Waals surface area contributed by atoms with Gasteiger partial charge in [0.1, 0.15) is 0 Å². The smallest absolute Gasteiger partial charge is 0.231 e. The molecule has 3 rings (SSSR count). The summed E-state index contributed by atoms with van der Waals surface area (Å²) in [7, 11) is 3.75. The Labute approximate surface area is 135 Å². The van der Waals surface area contributed by atoms with Crippen molar-refractivity contribution >= 4 is 17.7 Å². The van der Waals surface area contributed by atoms with Crippen LogP contribution in [0.4, 0.5) is 5.69 Å². The Morgan fingerprint density at radius 3 is 2.61 bits per heavy atom. The Bertz CT molecular complexity index is 736. The zero-order valence-corrected chi connectivity index (χ0v) is 13.2. The molecule has 0 saturated carbocycles. The SMILES string of the molecule is CN(C)CC(=O)c1ccc(N=Cc2ccc3c(c2)OCO3)cc1. The Morgan fingerprint density at radius 2 is 1.87 bits per heavy atom. The number of Topliss-reactive ketones (excluding diaryl/α,β-unsaturated/α-hetero) is 1. The normalized spacial score (nSPS) is 13.0. The number of rotatable bonds is 5. The highest BCUT2D eigenvalue weighted by Crippen LogP contribution is 2.32. The monoisotopic (exact) mass is 310 g/mol. The number of carbonyl (C=O) groups excluding carboxylic acids is 1. The summed E-state index contributed by atoms with van der Waals surface area (Å²) in [5.74, 6) is 1.59. The van der Waals surface area contributed by atoms with E-state index in [-0.39, 0.29) is 12.6 Å². The van der Waals surface area contributed by atoms with Gasteiger partial charge in [0, 0.05) is 11.8 Å². The largest absolute Gasteiger partial charge is 0.454 e. The van der Waals surface area contributed by atoms with E-state index >= 15 is 0 Å². The molecule has 0 aliphatic carbocycles. The lowest BCUT2D eigenvalue weighted by atomic mass is 10.1. The van der Waals surface area contributed by atoms with E-state index in [1.165, 1.54) is 0 Å². The number of ether oxygens (including phenoxy) is 2. The summed E-state index contributed by atoms with van der Waals surface area (Å²) in [6.45, 7) is 0.665. The average molecular weight is 310 g/mol. The zero-order valence-electron chi connectivity index (χ0n) is 13.2. The fourth-order valence-corrected chi connectivity index (χ4v) is 2.25. The number of ketones is 1. The Kier molecular flexibility index (Phi) is 4.39. The van der Waals surface area contributed by atoms with Crippen LogP contribution in [0.15, 0.2) is 47.5 Å². The lowest BCUT2D eigenvalue weighted by molar-refractivity contribution is 0.0958. The number of nitrogens with zero attached hydrogens (tertiary/aromatic N) is 2. The van der Waals surface area contributed by atoms with Crippen molar-refractivity contribution in [3.63, 3.8) is 0 Å². The standard InChI is InChI=1S/C18H18N2O3/c1-20(2)11-16(21)14-4-6-15(7-5-14)19-10-13-3-8-17-18(9-13)23-12-22-17/h3-10H,11-12H2,1-2H3. The number of benzene rings is 2. The highest BCUT2D eigenvalue weighted by molar-refractivity contribution is 5.97. The minimum absolute atomic E-state index is 0.0984. The van der Waals surface area contributed by atoms with E-state index < -0.39 is 0 Å². The molecule has 5 heteroatoms. The van der Waals surface area contributed by atoms with Crippen LogP contribution in [0.5, 0.6) is 11.5 Å². The molecule has 0 spiro atoms. The van der Waals surface area contributed by atoms with Crippen LogP contribution in [-0.2, 0) is 0 Å². The summed E-state index contributed by atoms with van der Waals surface area (Å²) < 4.78 is 10.6. The van der Waals surface area contributed by atoms with Gasteiger partial charge in [0.25, 0.3) is 0 Å². The quantitative estimate of drug-likeness (QED) is 0.629. The lowest BCUT2D eigenvalue weighted by Crippen LogP contribution is -2.21. The zero-order chi connectivity index (χ0) is 16.2. The van der Waals surface area contributed by atoms with Crippen molar-refractivity contribution in [2.75, 3.05) is 27.4 Å². The second kappa shape index (κ2) is 6.62. The molecular formula is C18H18N2O3. The molecule has 0 aromatic heterocycles. The van der Waals surface area contributed by atoms with E-state index in [0.717, 1.165) is 22.7 Å². The number of aliphatic imine (C=N–C) groups is 1. The summed E-state index contributed by atoms with van der Waals surface area (Å²) in [6, 6.07) is 13.0. The van der Waals surface area contributed by atoms with Crippen molar-refractivity contribution in [2.24, 2.45) is 4.99 Å². The van der Waals surface area contributed by atoms with Gasteiger partial charge >= 0.3 is 0 Å². The molecule has 5 nitrogen and oxygen atoms in total. The van der Waals surface area contributed by atoms with E-state index in [9.17, 15) is 4.79 Å². The molecule has 1 aliphatic heterocycles. The number of fused-ring (bicyclic) bond motifs is 1. The summed E-state index contributed by atoms with van der Waals surface area (Å²) in [6.07, 6.45) is 1.76. The maximum atomic E-state index is 11.9. The minimum Gasteiger partial charge on any atom is -0.454 e. The molecule has 118 valence electrons. The van der Waals surface area contributed by atoms with Gasteiger partial charge in [-0.1, -0.05) is 0 Å². The van der Waals surface area contributed by atoms with E-state index in [1.54, 1.807) is 18.3 Å². The molecule has 0 N–H and O–H groups in total. The van der Waals surface area contributed by atoms with Crippen LogP contribution in [0, 0.1) is 0 Å². The van der Waals surface area contributed by atoms with Crippen LogP contribution in [0.25, 0.3) is 0 Å². The fraction of sp³-hybridized carbons (Fsp3) is 0.222. The Hall–Kier alpha value is -2.66. The highest BCUT2D eigenvalue weighted by Gasteiger charge is 2.12. The van der Waals surface area contributed by atoms with Crippen molar-refractivity contribution in [3.05, 3.63) is 53.6 Å². The number of hydrogen-bond acceptors (Lipinski definition) is 5. The molecule has 2 aromatic carbocycles. The molecule has 0 radical (unpaired) electrons. The van der Waals surface area contributed by atoms with E-state index in [1.807, 2.05) is 49.3 Å². The van der Waals surface area contributed by atoms with Crippen molar-refractivity contribution in [1.82, 2.24) is 4.90 Å². The first-order valence-corrected chi connectivity index (χ1v) is 7.33. The van der Waals surface area contributed by atoms with Gasteiger partial charge in [0.15, 0.2) is 17.3 Å². The van der Waals surface area contributed by atoms with E-state index in [2.05, 4.69) is 4.99 Å². The highest BCUT2D eigenvalue weighted by atomic mass is 16.7. The maximum Gasteiger partial charge on any atom is 0.231 e. The molecule has 0 atom stereocenters. The molecule has 0 unspecified atom stereocenters. The second-order valence-electron chi connectivity index (χ2n) is 5.58. The fourth-order valence-electron chi connectivity index (χ4n) is 2.25. The minimum atomic E-state index is 0.0984. The second-order valence-corrected chi connectivity index (χ2v) is 5.58. The van der Waals surface area contributed by atoms with Gasteiger partial charge in [0.05, 0.1) is 12.2 Å². The summed E-state index contributed by atoms with van der Waals surface area (Å²) >= 11 is 0.